The fourth-order valence-electron chi connectivity index (χ4n) is 1.22. The molecule has 0 N–H and O–H groups in total. The lowest BCUT2D eigenvalue weighted by molar-refractivity contribution is 0.761. The first-order chi connectivity index (χ1) is 6.50. The van der Waals surface area contributed by atoms with Crippen LogP contribution in [0.1, 0.15) is 32.1 Å². The average molecular weight is 173 g/mol. The molecule has 0 atom stereocenters. The summed E-state index contributed by atoms with van der Waals surface area (Å²) < 4.78 is 0. The SMILES string of the molecule is [C]1=C/C=C\C=C\CCCC/C=C/C/1. The van der Waals surface area contributed by atoms with Gasteiger partial charge in [0.15, 0.2) is 0 Å². The number of hydrogen-bond acceptors (Lipinski definition) is 0. The van der Waals surface area contributed by atoms with Gasteiger partial charge in [0.1, 0.15) is 0 Å². The van der Waals surface area contributed by atoms with Crippen molar-refractivity contribution in [2.24, 2.45) is 0 Å². The molecule has 1 aliphatic rings. The Bertz CT molecular complexity index is 216. The molecule has 1 radical (unpaired) electrons. The molecule has 1 aliphatic carbocycles. The second-order valence-electron chi connectivity index (χ2n) is 3.14. The summed E-state index contributed by atoms with van der Waals surface area (Å²) in [5.41, 5.74) is 0. The lowest BCUT2D eigenvalue weighted by atomic mass is 10.2. The van der Waals surface area contributed by atoms with Crippen molar-refractivity contribution in [1.82, 2.24) is 0 Å². The van der Waals surface area contributed by atoms with E-state index in [9.17, 15) is 0 Å². The van der Waals surface area contributed by atoms with Crippen molar-refractivity contribution in [3.8, 4) is 0 Å². The normalized spacial score (nSPS) is 28.9. The van der Waals surface area contributed by atoms with Crippen LogP contribution in [0.3, 0.4) is 0 Å². The predicted octanol–water partition coefficient (Wildman–Crippen LogP) is 3.98. The summed E-state index contributed by atoms with van der Waals surface area (Å²) in [6.07, 6.45) is 24.0. The zero-order chi connectivity index (χ0) is 9.19. The summed E-state index contributed by atoms with van der Waals surface area (Å²) in [7, 11) is 0. The smallest absolute Gasteiger partial charge is 0.00946 e. The first kappa shape index (κ1) is 10.0. The Morgan fingerprint density at radius 2 is 1.62 bits per heavy atom. The molecule has 0 nitrogen and oxygen atoms in total. The van der Waals surface area contributed by atoms with Gasteiger partial charge in [-0.15, -0.1) is 0 Å². The van der Waals surface area contributed by atoms with Crippen LogP contribution in [0, 0.1) is 6.08 Å². The van der Waals surface area contributed by atoms with Crippen molar-refractivity contribution >= 4 is 0 Å². The molecule has 0 aliphatic heterocycles. The van der Waals surface area contributed by atoms with Gasteiger partial charge >= 0.3 is 0 Å². The Labute approximate surface area is 81.4 Å². The Balaban J connectivity index is 2.38. The predicted molar refractivity (Wildman–Crippen MR) is 58.3 cm³/mol. The van der Waals surface area contributed by atoms with Gasteiger partial charge in [0.2, 0.25) is 0 Å². The lowest BCUT2D eigenvalue weighted by Gasteiger charge is -1.91. The topological polar surface area (TPSA) is 0 Å². The van der Waals surface area contributed by atoms with Gasteiger partial charge in [-0.25, -0.2) is 0 Å². The number of allylic oxidation sites excluding steroid dienone is 8. The van der Waals surface area contributed by atoms with Crippen LogP contribution < -0.4 is 0 Å². The molecule has 0 fully saturated rings. The molecule has 0 aromatic carbocycles. The van der Waals surface area contributed by atoms with Crippen molar-refractivity contribution in [1.29, 1.82) is 0 Å². The first-order valence-electron chi connectivity index (χ1n) is 5.03. The third-order valence-electron chi connectivity index (χ3n) is 1.97. The summed E-state index contributed by atoms with van der Waals surface area (Å²) in [5.74, 6) is 0. The van der Waals surface area contributed by atoms with Gasteiger partial charge in [0.25, 0.3) is 0 Å². The molecular weight excluding hydrogens is 156 g/mol. The lowest BCUT2D eigenvalue weighted by Crippen LogP contribution is -1.71. The molecule has 0 saturated carbocycles. The summed E-state index contributed by atoms with van der Waals surface area (Å²) in [5, 5.41) is 0. The largest absolute Gasteiger partial charge is 0.0882 e. The monoisotopic (exact) mass is 173 g/mol. The van der Waals surface area contributed by atoms with E-state index in [0.717, 1.165) is 6.42 Å². The molecule has 0 saturated heterocycles. The first-order valence-corrected chi connectivity index (χ1v) is 5.03. The van der Waals surface area contributed by atoms with Gasteiger partial charge in [-0.3, -0.25) is 0 Å². The minimum atomic E-state index is 0.939. The van der Waals surface area contributed by atoms with Gasteiger partial charge < -0.3 is 0 Å². The van der Waals surface area contributed by atoms with E-state index in [2.05, 4.69) is 36.5 Å². The molecule has 0 bridgehead atoms. The molecule has 0 heteroatoms. The zero-order valence-electron chi connectivity index (χ0n) is 8.08. The second kappa shape index (κ2) is 7.60. The van der Waals surface area contributed by atoms with Crippen molar-refractivity contribution in [2.45, 2.75) is 32.1 Å². The molecule has 0 unspecified atom stereocenters. The zero-order valence-corrected chi connectivity index (χ0v) is 8.08. The second-order valence-corrected chi connectivity index (χ2v) is 3.14. The molecule has 13 heavy (non-hydrogen) atoms. The van der Waals surface area contributed by atoms with E-state index in [-0.39, 0.29) is 0 Å². The van der Waals surface area contributed by atoms with Crippen molar-refractivity contribution < 1.29 is 0 Å². The maximum Gasteiger partial charge on any atom is -0.00946 e. The van der Waals surface area contributed by atoms with Gasteiger partial charge in [-0.05, 0) is 38.2 Å². The van der Waals surface area contributed by atoms with Crippen LogP contribution in [-0.2, 0) is 0 Å². The Morgan fingerprint density at radius 1 is 0.769 bits per heavy atom. The third-order valence-corrected chi connectivity index (χ3v) is 1.97. The highest BCUT2D eigenvalue weighted by molar-refractivity contribution is 5.10. The molecule has 69 valence electrons. The fourth-order valence-corrected chi connectivity index (χ4v) is 1.22. The van der Waals surface area contributed by atoms with E-state index in [1.807, 2.05) is 12.2 Å². The molecule has 0 aromatic rings. The summed E-state index contributed by atoms with van der Waals surface area (Å²) in [6.45, 7) is 0. The Hall–Kier alpha value is -1.04. The van der Waals surface area contributed by atoms with E-state index in [1.54, 1.807) is 0 Å². The number of hydrogen-bond donors (Lipinski definition) is 0. The van der Waals surface area contributed by atoms with Gasteiger partial charge in [0.05, 0.1) is 0 Å². The van der Waals surface area contributed by atoms with E-state index >= 15 is 0 Å². The highest BCUT2D eigenvalue weighted by atomic mass is 13.9. The Kier molecular flexibility index (Phi) is 5.87. The Morgan fingerprint density at radius 3 is 2.54 bits per heavy atom. The molecule has 0 spiro atoms. The molecule has 0 aromatic heterocycles. The van der Waals surface area contributed by atoms with Crippen LogP contribution >= 0.6 is 0 Å². The third kappa shape index (κ3) is 6.15. The molecule has 1 rings (SSSR count). The van der Waals surface area contributed by atoms with Crippen molar-refractivity contribution in [3.05, 3.63) is 48.6 Å². The minimum absolute atomic E-state index is 0.939. The van der Waals surface area contributed by atoms with E-state index in [1.165, 1.54) is 25.7 Å². The standard InChI is InChI=1S/C13H17/c1-2-4-6-8-10-12-13-11-9-7-5-3-1/h1-5,11,13H,6,8-10,12H2/b3-1-,4-2+,7-5?,13-11+. The molecule has 0 heterocycles. The highest BCUT2D eigenvalue weighted by Crippen LogP contribution is 2.02. The van der Waals surface area contributed by atoms with Gasteiger partial charge in [-0.1, -0.05) is 42.5 Å². The highest BCUT2D eigenvalue weighted by Gasteiger charge is 1.83. The van der Waals surface area contributed by atoms with Crippen LogP contribution in [0.5, 0.6) is 0 Å². The van der Waals surface area contributed by atoms with Crippen LogP contribution in [0.2, 0.25) is 0 Å². The van der Waals surface area contributed by atoms with Gasteiger partial charge in [-0.2, -0.15) is 0 Å². The quantitative estimate of drug-likeness (QED) is 0.486. The minimum Gasteiger partial charge on any atom is -0.0882 e. The van der Waals surface area contributed by atoms with Crippen molar-refractivity contribution in [2.75, 3.05) is 0 Å². The van der Waals surface area contributed by atoms with E-state index < -0.39 is 0 Å². The molecule has 0 amide bonds. The maximum atomic E-state index is 3.19. The molecular formula is C13H17. The average Bonchev–Trinajstić information content (AvgIpc) is 2.18. The fraction of sp³-hybridized carbons (Fsp3) is 0.385. The van der Waals surface area contributed by atoms with Crippen LogP contribution in [0.4, 0.5) is 0 Å². The van der Waals surface area contributed by atoms with E-state index in [0.29, 0.717) is 0 Å². The summed E-state index contributed by atoms with van der Waals surface area (Å²) >= 11 is 0. The van der Waals surface area contributed by atoms with Crippen LogP contribution in [-0.4, -0.2) is 0 Å². The van der Waals surface area contributed by atoms with E-state index in [4.69, 9.17) is 0 Å². The maximum absolute atomic E-state index is 3.19. The van der Waals surface area contributed by atoms with Crippen LogP contribution in [0.15, 0.2) is 42.5 Å². The van der Waals surface area contributed by atoms with Crippen LogP contribution in [0.25, 0.3) is 0 Å². The summed E-state index contributed by atoms with van der Waals surface area (Å²) in [6, 6.07) is 0. The van der Waals surface area contributed by atoms with Crippen molar-refractivity contribution in [3.63, 3.8) is 0 Å². The summed E-state index contributed by atoms with van der Waals surface area (Å²) in [4.78, 5) is 0. The number of rotatable bonds is 0. The van der Waals surface area contributed by atoms with Gasteiger partial charge in [0, 0.05) is 0 Å².